The third kappa shape index (κ3) is 5.09. The van der Waals surface area contributed by atoms with Gasteiger partial charge in [-0.15, -0.1) is 0 Å². The van der Waals surface area contributed by atoms with Crippen molar-refractivity contribution in [2.45, 2.75) is 5.41 Å². The van der Waals surface area contributed by atoms with E-state index in [0.717, 1.165) is 44.9 Å². The normalized spacial score (nSPS) is 13.5. The zero-order valence-corrected chi connectivity index (χ0v) is 32.6. The van der Waals surface area contributed by atoms with Gasteiger partial charge in [-0.3, -0.25) is 0 Å². The molecule has 12 rings (SSSR count). The lowest BCUT2D eigenvalue weighted by Crippen LogP contribution is -2.26. The molecule has 0 bridgehead atoms. The van der Waals surface area contributed by atoms with Gasteiger partial charge in [0.05, 0.1) is 11.1 Å². The maximum atomic E-state index is 7.42. The molecule has 9 aromatic rings. The van der Waals surface area contributed by atoms with E-state index >= 15 is 0 Å². The van der Waals surface area contributed by atoms with E-state index in [-0.39, 0.29) is 0 Å². The molecular weight excluding hydrogens is 731 g/mol. The van der Waals surface area contributed by atoms with Crippen LogP contribution >= 0.6 is 0 Å². The van der Waals surface area contributed by atoms with Crippen LogP contribution in [0.25, 0.3) is 33.9 Å². The standard InChI is InChI=1S/C57H37NO2/c1-5-19-38(20-6-1)35-46(39-21-7-2-8-22-39)45-33-34-52(58(40-23-9-3-10-24-40)41-25-11-4-12-26-41)56-55(45)59-54-37-51-47(36-53(54)60-56)44-29-15-18-32-50(44)57(51)48-30-16-13-27-42(48)43-28-14-17-31-49(43)57/h1-37H/b46-35-. The van der Waals surface area contributed by atoms with Crippen molar-refractivity contribution in [1.82, 2.24) is 0 Å². The first-order chi connectivity index (χ1) is 29.8. The highest BCUT2D eigenvalue weighted by molar-refractivity contribution is 5.99. The molecule has 1 spiro atoms. The Labute approximate surface area is 349 Å². The number of rotatable bonds is 6. The molecule has 0 atom stereocenters. The maximum absolute atomic E-state index is 7.42. The van der Waals surface area contributed by atoms with Gasteiger partial charge in [0.1, 0.15) is 0 Å². The van der Waals surface area contributed by atoms with Crippen LogP contribution in [0.15, 0.2) is 218 Å². The van der Waals surface area contributed by atoms with E-state index < -0.39 is 5.41 Å². The topological polar surface area (TPSA) is 21.7 Å². The van der Waals surface area contributed by atoms with Gasteiger partial charge in [0, 0.05) is 16.9 Å². The maximum Gasteiger partial charge on any atom is 0.194 e. The molecule has 3 nitrogen and oxygen atoms in total. The quantitative estimate of drug-likeness (QED) is 0.157. The van der Waals surface area contributed by atoms with Crippen LogP contribution in [-0.4, -0.2) is 0 Å². The fraction of sp³-hybridized carbons (Fsp3) is 0.0175. The van der Waals surface area contributed by atoms with Crippen LogP contribution in [0.5, 0.6) is 23.0 Å². The van der Waals surface area contributed by atoms with Crippen molar-refractivity contribution in [2.24, 2.45) is 0 Å². The second-order valence-corrected chi connectivity index (χ2v) is 15.6. The highest BCUT2D eigenvalue weighted by Gasteiger charge is 2.52. The molecule has 1 aliphatic heterocycles. The summed E-state index contributed by atoms with van der Waals surface area (Å²) in [7, 11) is 0. The molecule has 60 heavy (non-hydrogen) atoms. The van der Waals surface area contributed by atoms with E-state index in [1.165, 1.54) is 38.9 Å². The van der Waals surface area contributed by atoms with Crippen molar-refractivity contribution in [3.8, 4) is 45.3 Å². The smallest absolute Gasteiger partial charge is 0.194 e. The molecule has 0 aromatic heterocycles. The largest absolute Gasteiger partial charge is 0.449 e. The Balaban J connectivity index is 1.12. The number of hydrogen-bond acceptors (Lipinski definition) is 3. The Kier molecular flexibility index (Phi) is 7.76. The summed E-state index contributed by atoms with van der Waals surface area (Å²) in [5.41, 5.74) is 16.5. The summed E-state index contributed by atoms with van der Waals surface area (Å²) in [6.07, 6.45) is 2.25. The first-order valence-electron chi connectivity index (χ1n) is 20.5. The predicted molar refractivity (Wildman–Crippen MR) is 244 cm³/mol. The van der Waals surface area contributed by atoms with Crippen LogP contribution in [0.1, 0.15) is 38.9 Å². The second kappa shape index (κ2) is 13.6. The van der Waals surface area contributed by atoms with Gasteiger partial charge in [-0.2, -0.15) is 0 Å². The minimum atomic E-state index is -0.512. The van der Waals surface area contributed by atoms with Crippen LogP contribution in [0.4, 0.5) is 17.1 Å². The van der Waals surface area contributed by atoms with Gasteiger partial charge in [0.15, 0.2) is 23.0 Å². The van der Waals surface area contributed by atoms with E-state index in [2.05, 4.69) is 217 Å². The highest BCUT2D eigenvalue weighted by Crippen LogP contribution is 2.65. The van der Waals surface area contributed by atoms with Gasteiger partial charge in [-0.1, -0.05) is 170 Å². The van der Waals surface area contributed by atoms with Gasteiger partial charge in [0.2, 0.25) is 0 Å². The van der Waals surface area contributed by atoms with E-state index in [1.54, 1.807) is 0 Å². The number of ether oxygens (including phenoxy) is 2. The van der Waals surface area contributed by atoms with Crippen LogP contribution < -0.4 is 14.4 Å². The Morgan fingerprint density at radius 1 is 0.400 bits per heavy atom. The van der Waals surface area contributed by atoms with Gasteiger partial charge < -0.3 is 14.4 Å². The SMILES string of the molecule is C(=C(\c1ccccc1)c1ccc(N(c2ccccc2)c2ccccc2)c2c1Oc1cc3c(cc1O2)-c1ccccc1C31c2ccccc2-c2ccccc21)/c1ccccc1. The van der Waals surface area contributed by atoms with Gasteiger partial charge >= 0.3 is 0 Å². The van der Waals surface area contributed by atoms with Gasteiger partial charge in [-0.25, -0.2) is 0 Å². The minimum Gasteiger partial charge on any atom is -0.449 e. The number of para-hydroxylation sites is 2. The van der Waals surface area contributed by atoms with E-state index in [9.17, 15) is 0 Å². The molecule has 0 saturated heterocycles. The molecule has 282 valence electrons. The van der Waals surface area contributed by atoms with Gasteiger partial charge in [-0.05, 0) is 116 Å². The monoisotopic (exact) mass is 767 g/mol. The Morgan fingerprint density at radius 2 is 0.867 bits per heavy atom. The van der Waals surface area contributed by atoms with Crippen LogP contribution in [0.3, 0.4) is 0 Å². The average molecular weight is 768 g/mol. The molecule has 0 amide bonds. The zero-order chi connectivity index (χ0) is 39.6. The summed E-state index contributed by atoms with van der Waals surface area (Å²) >= 11 is 0. The number of anilines is 3. The zero-order valence-electron chi connectivity index (χ0n) is 32.6. The average Bonchev–Trinajstić information content (AvgIpc) is 3.78. The van der Waals surface area contributed by atoms with Crippen molar-refractivity contribution >= 4 is 28.7 Å². The molecule has 3 heteroatoms. The fourth-order valence-electron chi connectivity index (χ4n) is 9.85. The van der Waals surface area contributed by atoms with Crippen LogP contribution in [0.2, 0.25) is 0 Å². The Hall–Kier alpha value is -7.88. The Bertz CT molecular complexity index is 3050. The van der Waals surface area contributed by atoms with Crippen LogP contribution in [-0.2, 0) is 5.41 Å². The van der Waals surface area contributed by atoms with Gasteiger partial charge in [0.25, 0.3) is 0 Å². The summed E-state index contributed by atoms with van der Waals surface area (Å²) in [5.74, 6) is 2.69. The molecular formula is C57H37NO2. The minimum absolute atomic E-state index is 0.512. The lowest BCUT2D eigenvalue weighted by molar-refractivity contribution is 0.359. The molecule has 0 N–H and O–H groups in total. The molecule has 1 heterocycles. The molecule has 0 unspecified atom stereocenters. The lowest BCUT2D eigenvalue weighted by atomic mass is 9.70. The van der Waals surface area contributed by atoms with Crippen molar-refractivity contribution in [1.29, 1.82) is 0 Å². The third-order valence-electron chi connectivity index (χ3n) is 12.3. The molecule has 3 aliphatic rings. The summed E-state index contributed by atoms with van der Waals surface area (Å²) in [6, 6.07) is 77.5. The highest BCUT2D eigenvalue weighted by atomic mass is 16.6. The number of hydrogen-bond donors (Lipinski definition) is 0. The number of fused-ring (bicyclic) bond motifs is 12. The van der Waals surface area contributed by atoms with Crippen molar-refractivity contribution < 1.29 is 9.47 Å². The second-order valence-electron chi connectivity index (χ2n) is 15.6. The lowest BCUT2D eigenvalue weighted by Gasteiger charge is -2.33. The van der Waals surface area contributed by atoms with E-state index in [4.69, 9.17) is 9.47 Å². The van der Waals surface area contributed by atoms with E-state index in [0.29, 0.717) is 23.0 Å². The van der Waals surface area contributed by atoms with E-state index in [1.807, 2.05) is 12.1 Å². The molecule has 0 radical (unpaired) electrons. The van der Waals surface area contributed by atoms with Crippen molar-refractivity contribution in [2.75, 3.05) is 4.90 Å². The molecule has 2 aliphatic carbocycles. The summed E-state index contributed by atoms with van der Waals surface area (Å²) < 4.78 is 14.8. The van der Waals surface area contributed by atoms with Crippen molar-refractivity contribution in [3.63, 3.8) is 0 Å². The molecule has 0 fully saturated rings. The number of nitrogens with zero attached hydrogens (tertiary/aromatic N) is 1. The summed E-state index contributed by atoms with van der Waals surface area (Å²) in [4.78, 5) is 2.25. The summed E-state index contributed by atoms with van der Waals surface area (Å²) in [6.45, 7) is 0. The fourth-order valence-corrected chi connectivity index (χ4v) is 9.85. The molecule has 0 saturated carbocycles. The number of benzene rings is 9. The third-order valence-corrected chi connectivity index (χ3v) is 12.3. The summed E-state index contributed by atoms with van der Waals surface area (Å²) in [5, 5.41) is 0. The van der Waals surface area contributed by atoms with Crippen LogP contribution in [0, 0.1) is 0 Å². The molecule has 9 aromatic carbocycles. The predicted octanol–water partition coefficient (Wildman–Crippen LogP) is 15.0. The first-order valence-corrected chi connectivity index (χ1v) is 20.5. The van der Waals surface area contributed by atoms with Crippen molar-refractivity contribution in [3.05, 3.63) is 257 Å². The first kappa shape index (κ1) is 34.2. The Morgan fingerprint density at radius 3 is 1.45 bits per heavy atom.